The number of aliphatic hydroxyl groups is 2. The Hall–Kier alpha value is -1.83. The lowest BCUT2D eigenvalue weighted by Gasteiger charge is -2.25. The van der Waals surface area contributed by atoms with Crippen molar-refractivity contribution in [1.29, 1.82) is 0 Å². The van der Waals surface area contributed by atoms with Gasteiger partial charge >= 0.3 is 0 Å². The Balaban J connectivity index is 2.99. The summed E-state index contributed by atoms with van der Waals surface area (Å²) in [4.78, 5) is 13.8. The first-order valence-corrected chi connectivity index (χ1v) is 6.43. The lowest BCUT2D eigenvalue weighted by molar-refractivity contribution is 0.0368. The summed E-state index contributed by atoms with van der Waals surface area (Å²) in [5, 5.41) is 18.5. The summed E-state index contributed by atoms with van der Waals surface area (Å²) in [5.41, 5.74) is 1.26. The van der Waals surface area contributed by atoms with E-state index >= 15 is 0 Å². The number of carbonyl (C=O) groups excluding carboxylic acids is 1. The molecule has 0 fully saturated rings. The van der Waals surface area contributed by atoms with Crippen LogP contribution in [0.5, 0.6) is 0 Å². The first kappa shape index (κ1) is 16.2. The Morgan fingerprint density at radius 1 is 1.40 bits per heavy atom. The molecule has 0 heterocycles. The molecule has 0 bridgehead atoms. The van der Waals surface area contributed by atoms with Crippen molar-refractivity contribution in [2.24, 2.45) is 0 Å². The van der Waals surface area contributed by atoms with E-state index in [0.717, 1.165) is 11.1 Å². The van der Waals surface area contributed by atoms with E-state index in [0.29, 0.717) is 5.56 Å². The van der Waals surface area contributed by atoms with E-state index in [9.17, 15) is 9.90 Å². The summed E-state index contributed by atoms with van der Waals surface area (Å²) in [7, 11) is 1.65. The fourth-order valence-electron chi connectivity index (χ4n) is 1.90. The monoisotopic (exact) mass is 275 g/mol. The second-order valence-electron chi connectivity index (χ2n) is 5.46. The van der Waals surface area contributed by atoms with Gasteiger partial charge in [-0.15, -0.1) is 0 Å². The van der Waals surface area contributed by atoms with Crippen LogP contribution in [0.25, 0.3) is 0 Å². The number of amides is 1. The topological polar surface area (TPSA) is 60.8 Å². The standard InChI is InChI=1S/C16H21NO3/c1-12-7-8-14(10-13(12)6-5-9-18)15(19)17(4)11-16(2,3)20/h7-8,10,18,20H,9,11H2,1-4H3. The molecule has 0 unspecified atom stereocenters. The molecule has 0 saturated heterocycles. The molecule has 0 aliphatic heterocycles. The van der Waals surface area contributed by atoms with Crippen LogP contribution in [0.15, 0.2) is 18.2 Å². The molecule has 0 saturated carbocycles. The molecule has 2 N–H and O–H groups in total. The fourth-order valence-corrected chi connectivity index (χ4v) is 1.90. The van der Waals surface area contributed by atoms with E-state index in [4.69, 9.17) is 5.11 Å². The van der Waals surface area contributed by atoms with E-state index in [1.165, 1.54) is 4.90 Å². The van der Waals surface area contributed by atoms with Crippen LogP contribution in [0.1, 0.15) is 35.3 Å². The minimum absolute atomic E-state index is 0.167. The summed E-state index contributed by atoms with van der Waals surface area (Å²) >= 11 is 0. The molecule has 1 rings (SSSR count). The van der Waals surface area contributed by atoms with Crippen LogP contribution in [-0.4, -0.2) is 46.8 Å². The zero-order valence-corrected chi connectivity index (χ0v) is 12.4. The van der Waals surface area contributed by atoms with Gasteiger partial charge in [0.2, 0.25) is 0 Å². The molecule has 0 aliphatic rings. The number of aliphatic hydroxyl groups excluding tert-OH is 1. The van der Waals surface area contributed by atoms with Crippen LogP contribution < -0.4 is 0 Å². The van der Waals surface area contributed by atoms with Gasteiger partial charge in [-0.05, 0) is 38.5 Å². The summed E-state index contributed by atoms with van der Waals surface area (Å²) in [6.45, 7) is 5.25. The zero-order valence-electron chi connectivity index (χ0n) is 12.4. The quantitative estimate of drug-likeness (QED) is 0.814. The maximum atomic E-state index is 12.3. The number of hydrogen-bond acceptors (Lipinski definition) is 3. The predicted octanol–water partition coefficient (Wildman–Crippen LogP) is 1.18. The third kappa shape index (κ3) is 4.69. The molecule has 0 spiro atoms. The number of carbonyl (C=O) groups is 1. The van der Waals surface area contributed by atoms with Gasteiger partial charge in [0.15, 0.2) is 0 Å². The number of aryl methyl sites for hydroxylation is 1. The molecular weight excluding hydrogens is 254 g/mol. The van der Waals surface area contributed by atoms with E-state index in [1.54, 1.807) is 33.0 Å². The van der Waals surface area contributed by atoms with Gasteiger partial charge in [0.05, 0.1) is 5.60 Å². The average molecular weight is 275 g/mol. The Morgan fingerprint density at radius 2 is 2.05 bits per heavy atom. The van der Waals surface area contributed by atoms with Gasteiger partial charge in [0.25, 0.3) is 5.91 Å². The maximum absolute atomic E-state index is 12.3. The molecule has 0 aromatic heterocycles. The van der Waals surface area contributed by atoms with Crippen LogP contribution in [0, 0.1) is 18.8 Å². The molecule has 1 amide bonds. The third-order valence-corrected chi connectivity index (χ3v) is 2.76. The van der Waals surface area contributed by atoms with Crippen LogP contribution in [-0.2, 0) is 0 Å². The first-order chi connectivity index (χ1) is 9.24. The number of hydrogen-bond donors (Lipinski definition) is 2. The van der Waals surface area contributed by atoms with Crippen LogP contribution in [0.4, 0.5) is 0 Å². The van der Waals surface area contributed by atoms with Gasteiger partial charge in [-0.3, -0.25) is 4.79 Å². The highest BCUT2D eigenvalue weighted by atomic mass is 16.3. The molecule has 1 aromatic carbocycles. The van der Waals surface area contributed by atoms with Gasteiger partial charge in [-0.25, -0.2) is 0 Å². The van der Waals surface area contributed by atoms with Crippen molar-refractivity contribution in [3.8, 4) is 11.8 Å². The normalized spacial score (nSPS) is 10.7. The minimum Gasteiger partial charge on any atom is -0.389 e. The Labute approximate surface area is 120 Å². The molecule has 4 heteroatoms. The van der Waals surface area contributed by atoms with E-state index in [-0.39, 0.29) is 19.1 Å². The number of rotatable bonds is 3. The van der Waals surface area contributed by atoms with Gasteiger partial charge < -0.3 is 15.1 Å². The van der Waals surface area contributed by atoms with Gasteiger partial charge in [0.1, 0.15) is 6.61 Å². The Morgan fingerprint density at radius 3 is 2.60 bits per heavy atom. The summed E-state index contributed by atoms with van der Waals surface area (Å²) in [6.07, 6.45) is 0. The number of likely N-dealkylation sites (N-methyl/N-ethyl adjacent to an activating group) is 1. The Kier molecular flexibility index (Phi) is 5.32. The fraction of sp³-hybridized carbons (Fsp3) is 0.438. The van der Waals surface area contributed by atoms with Crippen molar-refractivity contribution in [3.05, 3.63) is 34.9 Å². The second kappa shape index (κ2) is 6.56. The van der Waals surface area contributed by atoms with Crippen LogP contribution in [0.3, 0.4) is 0 Å². The third-order valence-electron chi connectivity index (χ3n) is 2.76. The highest BCUT2D eigenvalue weighted by molar-refractivity contribution is 5.94. The molecule has 0 radical (unpaired) electrons. The van der Waals surface area contributed by atoms with E-state index in [2.05, 4.69) is 11.8 Å². The van der Waals surface area contributed by atoms with Gasteiger partial charge in [-0.2, -0.15) is 0 Å². The van der Waals surface area contributed by atoms with Crippen LogP contribution in [0.2, 0.25) is 0 Å². The van der Waals surface area contributed by atoms with Crippen LogP contribution >= 0.6 is 0 Å². The Bertz CT molecular complexity index is 547. The second-order valence-corrected chi connectivity index (χ2v) is 5.46. The van der Waals surface area contributed by atoms with Gasteiger partial charge in [0, 0.05) is 24.7 Å². The van der Waals surface area contributed by atoms with E-state index in [1.807, 2.05) is 13.0 Å². The molecule has 4 nitrogen and oxygen atoms in total. The smallest absolute Gasteiger partial charge is 0.253 e. The van der Waals surface area contributed by atoms with Crippen molar-refractivity contribution in [1.82, 2.24) is 4.90 Å². The summed E-state index contributed by atoms with van der Waals surface area (Å²) in [6, 6.07) is 5.27. The lowest BCUT2D eigenvalue weighted by Crippen LogP contribution is -2.39. The molecular formula is C16H21NO3. The lowest BCUT2D eigenvalue weighted by atomic mass is 10.0. The molecule has 0 atom stereocenters. The highest BCUT2D eigenvalue weighted by Crippen LogP contribution is 2.13. The van der Waals surface area contributed by atoms with E-state index < -0.39 is 5.60 Å². The zero-order chi connectivity index (χ0) is 15.3. The largest absolute Gasteiger partial charge is 0.389 e. The first-order valence-electron chi connectivity index (χ1n) is 6.43. The summed E-state index contributed by atoms with van der Waals surface area (Å²) in [5.74, 6) is 5.24. The van der Waals surface area contributed by atoms with Crippen molar-refractivity contribution in [3.63, 3.8) is 0 Å². The molecule has 20 heavy (non-hydrogen) atoms. The van der Waals surface area contributed by atoms with Crippen molar-refractivity contribution < 1.29 is 15.0 Å². The van der Waals surface area contributed by atoms with Crippen molar-refractivity contribution in [2.45, 2.75) is 26.4 Å². The minimum atomic E-state index is -0.936. The predicted molar refractivity (Wildman–Crippen MR) is 78.4 cm³/mol. The molecule has 108 valence electrons. The molecule has 1 aromatic rings. The number of benzene rings is 1. The summed E-state index contributed by atoms with van der Waals surface area (Å²) < 4.78 is 0. The van der Waals surface area contributed by atoms with Gasteiger partial charge in [-0.1, -0.05) is 17.9 Å². The van der Waals surface area contributed by atoms with Crippen molar-refractivity contribution in [2.75, 3.05) is 20.2 Å². The highest BCUT2D eigenvalue weighted by Gasteiger charge is 2.20. The SMILES string of the molecule is Cc1ccc(C(=O)N(C)CC(C)(C)O)cc1C#CCO. The average Bonchev–Trinajstić information content (AvgIpc) is 2.35. The van der Waals surface area contributed by atoms with Crippen molar-refractivity contribution >= 4 is 5.91 Å². The number of nitrogens with zero attached hydrogens (tertiary/aromatic N) is 1. The molecule has 0 aliphatic carbocycles. The maximum Gasteiger partial charge on any atom is 0.253 e.